The molecule has 5 nitrogen and oxygen atoms in total. The largest absolute Gasteiger partial charge is 0.420 e. The predicted molar refractivity (Wildman–Crippen MR) is 63.0 cm³/mol. The lowest BCUT2D eigenvalue weighted by atomic mass is 9.84. The number of aromatic nitrogens is 2. The molecule has 2 rings (SSSR count). The Kier molecular flexibility index (Phi) is 2.80. The zero-order valence-corrected chi connectivity index (χ0v) is 10.2. The van der Waals surface area contributed by atoms with E-state index in [2.05, 4.69) is 30.1 Å². The fourth-order valence-electron chi connectivity index (χ4n) is 2.22. The molecule has 90 valence electrons. The molecule has 5 heteroatoms. The van der Waals surface area contributed by atoms with Crippen molar-refractivity contribution >= 4 is 0 Å². The number of aryl methyl sites for hydroxylation is 1. The number of nitriles is 1. The molecule has 1 aliphatic heterocycles. The van der Waals surface area contributed by atoms with Gasteiger partial charge in [0.2, 0.25) is 11.8 Å². The van der Waals surface area contributed by atoms with Crippen molar-refractivity contribution in [2.45, 2.75) is 33.1 Å². The van der Waals surface area contributed by atoms with E-state index in [9.17, 15) is 5.26 Å². The smallest absolute Gasteiger partial charge is 0.243 e. The Hall–Kier alpha value is -1.96. The number of rotatable bonds is 2. The maximum atomic E-state index is 9.20. The summed E-state index contributed by atoms with van der Waals surface area (Å²) in [5, 5.41) is 16.1. The van der Waals surface area contributed by atoms with Crippen LogP contribution >= 0.6 is 0 Å². The van der Waals surface area contributed by atoms with Gasteiger partial charge in [-0.2, -0.15) is 5.26 Å². The standard InChI is InChI=1S/C12H16N4O/c1-6(2)4-8-9(5-13)11(14)17-12-10(8)7(3)15-16-12/h6,8H,4,14H2,1-3H3,(H,15,16). The molecule has 0 aliphatic carbocycles. The molecule has 0 spiro atoms. The fraction of sp³-hybridized carbons (Fsp3) is 0.500. The summed E-state index contributed by atoms with van der Waals surface area (Å²) in [6, 6.07) is 2.16. The lowest BCUT2D eigenvalue weighted by molar-refractivity contribution is 0.365. The van der Waals surface area contributed by atoms with Gasteiger partial charge in [0.25, 0.3) is 0 Å². The highest BCUT2D eigenvalue weighted by atomic mass is 16.5. The number of nitrogens with zero attached hydrogens (tertiary/aromatic N) is 2. The summed E-state index contributed by atoms with van der Waals surface area (Å²) in [5.41, 5.74) is 8.17. The fourth-order valence-corrected chi connectivity index (χ4v) is 2.22. The molecule has 3 N–H and O–H groups in total. The first-order valence-corrected chi connectivity index (χ1v) is 5.67. The van der Waals surface area contributed by atoms with E-state index in [1.54, 1.807) is 0 Å². The summed E-state index contributed by atoms with van der Waals surface area (Å²) in [6.07, 6.45) is 0.861. The van der Waals surface area contributed by atoms with Crippen molar-refractivity contribution < 1.29 is 4.74 Å². The van der Waals surface area contributed by atoms with Crippen LogP contribution in [0.2, 0.25) is 0 Å². The van der Waals surface area contributed by atoms with E-state index in [-0.39, 0.29) is 11.8 Å². The zero-order valence-electron chi connectivity index (χ0n) is 10.2. The number of hydrogen-bond acceptors (Lipinski definition) is 4. The van der Waals surface area contributed by atoms with Crippen LogP contribution in [0.15, 0.2) is 11.5 Å². The van der Waals surface area contributed by atoms with Gasteiger partial charge in [-0.25, -0.2) is 0 Å². The third-order valence-electron chi connectivity index (χ3n) is 2.96. The van der Waals surface area contributed by atoms with Gasteiger partial charge in [0.1, 0.15) is 6.07 Å². The van der Waals surface area contributed by atoms with Gasteiger partial charge >= 0.3 is 0 Å². The van der Waals surface area contributed by atoms with Gasteiger partial charge < -0.3 is 10.5 Å². The third-order valence-corrected chi connectivity index (χ3v) is 2.96. The summed E-state index contributed by atoms with van der Waals surface area (Å²) < 4.78 is 5.36. The molecule has 0 saturated carbocycles. The molecule has 0 radical (unpaired) electrons. The molecule has 0 amide bonds. The molecule has 0 bridgehead atoms. The molecular weight excluding hydrogens is 216 g/mol. The van der Waals surface area contributed by atoms with E-state index < -0.39 is 0 Å². The minimum atomic E-state index is -0.0116. The van der Waals surface area contributed by atoms with Gasteiger partial charge in [-0.3, -0.25) is 5.10 Å². The Morgan fingerprint density at radius 1 is 1.59 bits per heavy atom. The van der Waals surface area contributed by atoms with E-state index in [0.717, 1.165) is 17.7 Å². The number of nitrogens with one attached hydrogen (secondary N) is 1. The normalized spacial score (nSPS) is 18.9. The monoisotopic (exact) mass is 232 g/mol. The van der Waals surface area contributed by atoms with Crippen molar-refractivity contribution in [3.63, 3.8) is 0 Å². The molecule has 1 atom stereocenters. The first-order chi connectivity index (χ1) is 8.04. The van der Waals surface area contributed by atoms with Crippen molar-refractivity contribution in [2.24, 2.45) is 11.7 Å². The number of aromatic amines is 1. The Labute approximate surface area is 100 Å². The minimum absolute atomic E-state index is 0.0116. The number of allylic oxidation sites excluding steroid dienone is 1. The molecule has 17 heavy (non-hydrogen) atoms. The Balaban J connectivity index is 2.50. The molecule has 1 unspecified atom stereocenters. The maximum absolute atomic E-state index is 9.20. The first kappa shape index (κ1) is 11.5. The quantitative estimate of drug-likeness (QED) is 0.815. The number of ether oxygens (including phenoxy) is 1. The molecule has 0 fully saturated rings. The lowest BCUT2D eigenvalue weighted by Gasteiger charge is -2.24. The van der Waals surface area contributed by atoms with Crippen molar-refractivity contribution in [3.05, 3.63) is 22.7 Å². The van der Waals surface area contributed by atoms with E-state index in [0.29, 0.717) is 17.4 Å². The van der Waals surface area contributed by atoms with Gasteiger partial charge in [0.05, 0.1) is 5.57 Å². The second-order valence-electron chi connectivity index (χ2n) is 4.74. The van der Waals surface area contributed by atoms with Crippen LogP contribution in [-0.2, 0) is 0 Å². The summed E-state index contributed by atoms with van der Waals surface area (Å²) in [6.45, 7) is 6.17. The van der Waals surface area contributed by atoms with E-state index in [1.165, 1.54) is 0 Å². The second-order valence-corrected chi connectivity index (χ2v) is 4.74. The van der Waals surface area contributed by atoms with Gasteiger partial charge in [-0.15, -0.1) is 5.10 Å². The van der Waals surface area contributed by atoms with Crippen LogP contribution in [0.25, 0.3) is 0 Å². The molecule has 0 saturated heterocycles. The average molecular weight is 232 g/mol. The molecule has 2 heterocycles. The SMILES string of the molecule is Cc1[nH]nc2c1C(CC(C)C)C(C#N)=C(N)O2. The third kappa shape index (κ3) is 1.86. The molecular formula is C12H16N4O. The topological polar surface area (TPSA) is 87.7 Å². The number of nitrogens with two attached hydrogens (primary N) is 1. The first-order valence-electron chi connectivity index (χ1n) is 5.67. The average Bonchev–Trinajstić information content (AvgIpc) is 2.59. The van der Waals surface area contributed by atoms with Crippen LogP contribution in [0, 0.1) is 24.2 Å². The number of fused-ring (bicyclic) bond motifs is 1. The summed E-state index contributed by atoms with van der Waals surface area (Å²) in [7, 11) is 0. The summed E-state index contributed by atoms with van der Waals surface area (Å²) in [4.78, 5) is 0. The van der Waals surface area contributed by atoms with Gasteiger partial charge in [-0.1, -0.05) is 13.8 Å². The summed E-state index contributed by atoms with van der Waals surface area (Å²) >= 11 is 0. The van der Waals surface area contributed by atoms with Crippen LogP contribution < -0.4 is 10.5 Å². The van der Waals surface area contributed by atoms with Gasteiger partial charge in [0.15, 0.2) is 0 Å². The second kappa shape index (κ2) is 4.13. The van der Waals surface area contributed by atoms with E-state index >= 15 is 0 Å². The number of hydrogen-bond donors (Lipinski definition) is 2. The van der Waals surface area contributed by atoms with Crippen LogP contribution in [0.1, 0.15) is 37.4 Å². The van der Waals surface area contributed by atoms with Crippen molar-refractivity contribution in [2.75, 3.05) is 0 Å². The summed E-state index contributed by atoms with van der Waals surface area (Å²) in [5.74, 6) is 1.14. The zero-order chi connectivity index (χ0) is 12.6. The molecule has 0 aromatic carbocycles. The van der Waals surface area contributed by atoms with Crippen molar-refractivity contribution in [1.82, 2.24) is 10.2 Å². The highest BCUT2D eigenvalue weighted by Gasteiger charge is 2.33. The Morgan fingerprint density at radius 3 is 2.88 bits per heavy atom. The molecule has 1 aromatic heterocycles. The van der Waals surface area contributed by atoms with E-state index in [1.807, 2.05) is 6.92 Å². The number of H-pyrrole nitrogens is 1. The van der Waals surface area contributed by atoms with Crippen molar-refractivity contribution in [1.29, 1.82) is 5.26 Å². The predicted octanol–water partition coefficient (Wildman–Crippen LogP) is 1.93. The van der Waals surface area contributed by atoms with Crippen LogP contribution in [0.4, 0.5) is 0 Å². The van der Waals surface area contributed by atoms with E-state index in [4.69, 9.17) is 10.5 Å². The van der Waals surface area contributed by atoms with Gasteiger partial charge in [0, 0.05) is 17.2 Å². The molecule has 1 aromatic rings. The highest BCUT2D eigenvalue weighted by Crippen LogP contribution is 2.41. The Morgan fingerprint density at radius 2 is 2.29 bits per heavy atom. The van der Waals surface area contributed by atoms with Gasteiger partial charge in [-0.05, 0) is 19.3 Å². The molecule has 1 aliphatic rings. The lowest BCUT2D eigenvalue weighted by Crippen LogP contribution is -2.21. The Bertz CT molecular complexity index is 507. The maximum Gasteiger partial charge on any atom is 0.243 e. The van der Waals surface area contributed by atoms with Crippen LogP contribution in [-0.4, -0.2) is 10.2 Å². The minimum Gasteiger partial charge on any atom is -0.420 e. The van der Waals surface area contributed by atoms with Crippen LogP contribution in [0.3, 0.4) is 0 Å². The van der Waals surface area contributed by atoms with Crippen molar-refractivity contribution in [3.8, 4) is 11.9 Å². The van der Waals surface area contributed by atoms with Crippen LogP contribution in [0.5, 0.6) is 5.88 Å². The highest BCUT2D eigenvalue weighted by molar-refractivity contribution is 5.48.